The Hall–Kier alpha value is -3.51. The molecule has 0 aliphatic heterocycles. The van der Waals surface area contributed by atoms with Crippen molar-refractivity contribution in [1.29, 1.82) is 0 Å². The summed E-state index contributed by atoms with van der Waals surface area (Å²) < 4.78 is 5.24. The van der Waals surface area contributed by atoms with Crippen LogP contribution in [0.2, 0.25) is 0 Å². The first kappa shape index (κ1) is 19.8. The van der Waals surface area contributed by atoms with Crippen LogP contribution in [0.4, 0.5) is 5.69 Å². The van der Waals surface area contributed by atoms with Crippen molar-refractivity contribution in [2.24, 2.45) is 0 Å². The molecule has 150 valence electrons. The highest BCUT2D eigenvalue weighted by molar-refractivity contribution is 7.13. The van der Waals surface area contributed by atoms with Crippen molar-refractivity contribution in [3.8, 4) is 0 Å². The van der Waals surface area contributed by atoms with Gasteiger partial charge in [0.25, 0.3) is 11.8 Å². The van der Waals surface area contributed by atoms with Crippen molar-refractivity contribution in [2.45, 2.75) is 12.8 Å². The third kappa shape index (κ3) is 4.39. The fourth-order valence-electron chi connectivity index (χ4n) is 3.23. The van der Waals surface area contributed by atoms with Gasteiger partial charge in [0.05, 0.1) is 4.70 Å². The molecule has 6 heteroatoms. The Bertz CT molecular complexity index is 1190. The lowest BCUT2D eigenvalue weighted by Gasteiger charge is -2.13. The number of carbonyl (C=O) groups is 2. The molecule has 0 aliphatic rings. The summed E-state index contributed by atoms with van der Waals surface area (Å²) in [5, 5.41) is 6.64. The van der Waals surface area contributed by atoms with Gasteiger partial charge in [-0.1, -0.05) is 61.5 Å². The van der Waals surface area contributed by atoms with E-state index in [0.717, 1.165) is 10.1 Å². The maximum Gasteiger partial charge on any atom is 0.276 e. The van der Waals surface area contributed by atoms with Crippen LogP contribution in [-0.4, -0.2) is 22.7 Å². The molecule has 0 spiro atoms. The average Bonchev–Trinajstić information content (AvgIpc) is 3.22. The number of amides is 2. The van der Waals surface area contributed by atoms with Crippen LogP contribution in [0.25, 0.3) is 10.1 Å². The number of benzene rings is 3. The fraction of sp³-hybridized carbons (Fsp3) is 0.125. The van der Waals surface area contributed by atoms with Crippen molar-refractivity contribution >= 4 is 39.1 Å². The van der Waals surface area contributed by atoms with Crippen LogP contribution < -0.4 is 10.6 Å². The van der Waals surface area contributed by atoms with Crippen molar-refractivity contribution in [2.75, 3.05) is 11.9 Å². The number of nitrogens with zero attached hydrogens (tertiary/aromatic N) is 1. The molecule has 0 fully saturated rings. The second-order valence-electron chi connectivity index (χ2n) is 7.08. The van der Waals surface area contributed by atoms with Gasteiger partial charge in [-0.15, -0.1) is 0 Å². The third-order valence-electron chi connectivity index (χ3n) is 4.91. The lowest BCUT2D eigenvalue weighted by atomic mass is 10.0. The number of anilines is 1. The number of nitrogens with one attached hydrogen (secondary N) is 2. The van der Waals surface area contributed by atoms with E-state index < -0.39 is 0 Å². The van der Waals surface area contributed by atoms with E-state index in [4.69, 9.17) is 0 Å². The summed E-state index contributed by atoms with van der Waals surface area (Å²) in [5.41, 5.74) is 2.62. The molecule has 0 radical (unpaired) electrons. The van der Waals surface area contributed by atoms with Crippen LogP contribution in [0, 0.1) is 0 Å². The summed E-state index contributed by atoms with van der Waals surface area (Å²) >= 11 is 1.29. The van der Waals surface area contributed by atoms with Crippen molar-refractivity contribution < 1.29 is 9.59 Å². The van der Waals surface area contributed by atoms with E-state index >= 15 is 0 Å². The van der Waals surface area contributed by atoms with Crippen molar-refractivity contribution in [3.63, 3.8) is 0 Å². The quantitative estimate of drug-likeness (QED) is 0.461. The Labute approximate surface area is 178 Å². The minimum absolute atomic E-state index is 0.173. The Morgan fingerprint density at radius 2 is 1.70 bits per heavy atom. The summed E-state index contributed by atoms with van der Waals surface area (Å²) in [7, 11) is 0. The summed E-state index contributed by atoms with van der Waals surface area (Å²) in [6.07, 6.45) is 0. The van der Waals surface area contributed by atoms with Gasteiger partial charge in [-0.25, -0.2) is 0 Å². The Morgan fingerprint density at radius 1 is 0.933 bits per heavy atom. The molecule has 4 rings (SSSR count). The zero-order valence-electron chi connectivity index (χ0n) is 16.5. The van der Waals surface area contributed by atoms with Gasteiger partial charge in [0.1, 0.15) is 5.69 Å². The van der Waals surface area contributed by atoms with Crippen LogP contribution in [0.1, 0.15) is 39.3 Å². The summed E-state index contributed by atoms with van der Waals surface area (Å²) in [6.45, 7) is 2.61. The second-order valence-corrected chi connectivity index (χ2v) is 7.89. The molecule has 4 aromatic rings. The highest BCUT2D eigenvalue weighted by Crippen LogP contribution is 2.23. The fourth-order valence-corrected chi connectivity index (χ4v) is 4.00. The molecule has 0 aliphatic carbocycles. The molecule has 0 bridgehead atoms. The maximum atomic E-state index is 12.7. The molecule has 1 atom stereocenters. The minimum Gasteiger partial charge on any atom is -0.351 e. The molecule has 0 saturated carbocycles. The van der Waals surface area contributed by atoms with Gasteiger partial charge >= 0.3 is 0 Å². The van der Waals surface area contributed by atoms with E-state index in [9.17, 15) is 9.59 Å². The van der Waals surface area contributed by atoms with Gasteiger partial charge in [0, 0.05) is 23.2 Å². The lowest BCUT2D eigenvalue weighted by molar-refractivity contribution is 0.0950. The number of hydrogen-bond donors (Lipinski definition) is 2. The van der Waals surface area contributed by atoms with Crippen molar-refractivity contribution in [3.05, 3.63) is 95.7 Å². The van der Waals surface area contributed by atoms with E-state index in [2.05, 4.69) is 34.1 Å². The Kier molecular flexibility index (Phi) is 5.86. The standard InChI is InChI=1S/C24H21N3O2S/c1-16(17-8-3-2-4-9-17)15-25-23(28)18-10-7-11-19(14-18)26-24(29)22-20-12-5-6-13-21(20)30-27-22/h2-14,16H,15H2,1H3,(H,25,28)(H,26,29). The van der Waals surface area contributed by atoms with E-state index in [-0.39, 0.29) is 17.7 Å². The van der Waals surface area contributed by atoms with Crippen LogP contribution in [-0.2, 0) is 0 Å². The second kappa shape index (κ2) is 8.88. The van der Waals surface area contributed by atoms with Crippen LogP contribution in [0.3, 0.4) is 0 Å². The van der Waals surface area contributed by atoms with Gasteiger partial charge in [-0.3, -0.25) is 9.59 Å². The zero-order chi connectivity index (χ0) is 20.9. The molecular weight excluding hydrogens is 394 g/mol. The molecule has 1 aromatic heterocycles. The van der Waals surface area contributed by atoms with Crippen LogP contribution in [0.5, 0.6) is 0 Å². The number of hydrogen-bond acceptors (Lipinski definition) is 4. The van der Waals surface area contributed by atoms with E-state index in [1.165, 1.54) is 17.1 Å². The van der Waals surface area contributed by atoms with Crippen LogP contribution in [0.15, 0.2) is 78.9 Å². The van der Waals surface area contributed by atoms with Crippen molar-refractivity contribution in [1.82, 2.24) is 9.69 Å². The topological polar surface area (TPSA) is 71.1 Å². The molecule has 2 N–H and O–H groups in total. The summed E-state index contributed by atoms with van der Waals surface area (Å²) in [5.74, 6) is -0.258. The number of carbonyl (C=O) groups excluding carboxylic acids is 2. The molecule has 0 saturated heterocycles. The summed E-state index contributed by atoms with van der Waals surface area (Å²) in [4.78, 5) is 25.3. The van der Waals surface area contributed by atoms with Gasteiger partial charge < -0.3 is 10.6 Å². The van der Waals surface area contributed by atoms with Gasteiger partial charge in [0.15, 0.2) is 0 Å². The van der Waals surface area contributed by atoms with Gasteiger partial charge in [-0.2, -0.15) is 4.37 Å². The predicted molar refractivity (Wildman–Crippen MR) is 121 cm³/mol. The smallest absolute Gasteiger partial charge is 0.276 e. The minimum atomic E-state index is -0.289. The first-order chi connectivity index (χ1) is 14.6. The molecule has 1 heterocycles. The average molecular weight is 416 g/mol. The first-order valence-corrected chi connectivity index (χ1v) is 10.5. The molecule has 5 nitrogen and oxygen atoms in total. The first-order valence-electron chi connectivity index (χ1n) is 9.71. The lowest BCUT2D eigenvalue weighted by Crippen LogP contribution is -2.27. The van der Waals surface area contributed by atoms with Crippen LogP contribution >= 0.6 is 11.5 Å². The highest BCUT2D eigenvalue weighted by Gasteiger charge is 2.15. The van der Waals surface area contributed by atoms with E-state index in [0.29, 0.717) is 23.5 Å². The molecule has 30 heavy (non-hydrogen) atoms. The zero-order valence-corrected chi connectivity index (χ0v) is 17.3. The monoisotopic (exact) mass is 415 g/mol. The molecular formula is C24H21N3O2S. The molecule has 3 aromatic carbocycles. The number of rotatable bonds is 6. The van der Waals surface area contributed by atoms with E-state index in [1.54, 1.807) is 24.3 Å². The number of fused-ring (bicyclic) bond motifs is 1. The highest BCUT2D eigenvalue weighted by atomic mass is 32.1. The number of aromatic nitrogens is 1. The SMILES string of the molecule is CC(CNC(=O)c1cccc(NC(=O)c2nsc3ccccc23)c1)c1ccccc1. The maximum absolute atomic E-state index is 12.7. The Balaban J connectivity index is 1.42. The van der Waals surface area contributed by atoms with E-state index in [1.807, 2.05) is 42.5 Å². The predicted octanol–water partition coefficient (Wildman–Crippen LogP) is 5.08. The molecule has 1 unspecified atom stereocenters. The summed E-state index contributed by atoms with van der Waals surface area (Å²) in [6, 6.07) is 24.6. The van der Waals surface area contributed by atoms with Gasteiger partial charge in [-0.05, 0) is 47.3 Å². The molecule has 2 amide bonds. The normalized spacial score (nSPS) is 11.8. The third-order valence-corrected chi connectivity index (χ3v) is 5.74. The van der Waals surface area contributed by atoms with Gasteiger partial charge in [0.2, 0.25) is 0 Å². The Morgan fingerprint density at radius 3 is 2.53 bits per heavy atom. The largest absolute Gasteiger partial charge is 0.351 e.